The molecule has 0 spiro atoms. The van der Waals surface area contributed by atoms with Crippen molar-refractivity contribution >= 4 is 10.9 Å². The summed E-state index contributed by atoms with van der Waals surface area (Å²) in [6.45, 7) is 0. The van der Waals surface area contributed by atoms with E-state index in [0.29, 0.717) is 11.4 Å². The van der Waals surface area contributed by atoms with Crippen molar-refractivity contribution in [3.63, 3.8) is 0 Å². The van der Waals surface area contributed by atoms with Crippen LogP contribution >= 0.6 is 0 Å². The highest BCUT2D eigenvalue weighted by Crippen LogP contribution is 2.33. The van der Waals surface area contributed by atoms with E-state index in [0.717, 1.165) is 23.0 Å². The second-order valence-corrected chi connectivity index (χ2v) is 5.61. The zero-order valence-electron chi connectivity index (χ0n) is 13.1. The van der Waals surface area contributed by atoms with Gasteiger partial charge in [0, 0.05) is 18.0 Å². The van der Waals surface area contributed by atoms with Gasteiger partial charge in [-0.05, 0) is 24.3 Å². The van der Waals surface area contributed by atoms with Gasteiger partial charge >= 0.3 is 6.18 Å². The molecule has 0 atom stereocenters. The van der Waals surface area contributed by atoms with Crippen molar-refractivity contribution in [2.75, 3.05) is 0 Å². The largest absolute Gasteiger partial charge is 0.444 e. The third kappa shape index (κ3) is 2.67. The molecular formula is C18H12F3N3O. The molecule has 0 unspecified atom stereocenters. The van der Waals surface area contributed by atoms with Crippen LogP contribution in [-0.4, -0.2) is 14.8 Å². The summed E-state index contributed by atoms with van der Waals surface area (Å²) in [5.41, 5.74) is 1.56. The van der Waals surface area contributed by atoms with Gasteiger partial charge in [-0.3, -0.25) is 4.68 Å². The molecule has 2 aromatic carbocycles. The molecule has 4 rings (SSSR count). The van der Waals surface area contributed by atoms with Crippen LogP contribution in [0.3, 0.4) is 0 Å². The number of halogens is 3. The Kier molecular flexibility index (Phi) is 3.38. The summed E-state index contributed by atoms with van der Waals surface area (Å²) in [5.74, 6) is 0.121. The molecule has 0 aliphatic heterocycles. The van der Waals surface area contributed by atoms with E-state index in [4.69, 9.17) is 4.42 Å². The van der Waals surface area contributed by atoms with Crippen LogP contribution in [0.15, 0.2) is 59.2 Å². The van der Waals surface area contributed by atoms with Crippen LogP contribution in [-0.2, 0) is 13.2 Å². The van der Waals surface area contributed by atoms with Crippen LogP contribution in [0.1, 0.15) is 5.56 Å². The lowest BCUT2D eigenvalue weighted by atomic mass is 10.1. The van der Waals surface area contributed by atoms with Gasteiger partial charge in [0.25, 0.3) is 0 Å². The number of oxazole rings is 1. The Bertz CT molecular complexity index is 1060. The average molecular weight is 343 g/mol. The highest BCUT2D eigenvalue weighted by Gasteiger charge is 2.30. The zero-order valence-corrected chi connectivity index (χ0v) is 13.1. The van der Waals surface area contributed by atoms with E-state index in [1.54, 1.807) is 4.68 Å². The van der Waals surface area contributed by atoms with Crippen LogP contribution in [0.4, 0.5) is 13.2 Å². The Balaban J connectivity index is 1.78. The van der Waals surface area contributed by atoms with Crippen LogP contribution in [0, 0.1) is 0 Å². The van der Waals surface area contributed by atoms with E-state index in [9.17, 15) is 13.2 Å². The summed E-state index contributed by atoms with van der Waals surface area (Å²) in [5, 5.41) is 5.34. The Morgan fingerprint density at radius 3 is 2.64 bits per heavy atom. The number of alkyl halides is 3. The van der Waals surface area contributed by atoms with Crippen molar-refractivity contribution < 1.29 is 17.6 Å². The fourth-order valence-corrected chi connectivity index (χ4v) is 2.75. The zero-order chi connectivity index (χ0) is 17.6. The Labute approximate surface area is 140 Å². The Morgan fingerprint density at radius 2 is 1.84 bits per heavy atom. The predicted molar refractivity (Wildman–Crippen MR) is 86.6 cm³/mol. The lowest BCUT2D eigenvalue weighted by Crippen LogP contribution is -2.04. The minimum Gasteiger partial charge on any atom is -0.444 e. The van der Waals surface area contributed by atoms with Crippen molar-refractivity contribution in [3.8, 4) is 22.8 Å². The third-order valence-electron chi connectivity index (χ3n) is 3.94. The van der Waals surface area contributed by atoms with Gasteiger partial charge in [0.2, 0.25) is 5.89 Å². The van der Waals surface area contributed by atoms with Crippen LogP contribution in [0.5, 0.6) is 0 Å². The van der Waals surface area contributed by atoms with Gasteiger partial charge in [0.1, 0.15) is 17.7 Å². The van der Waals surface area contributed by atoms with Crippen molar-refractivity contribution in [3.05, 3.63) is 60.4 Å². The molecular weight excluding hydrogens is 331 g/mol. The lowest BCUT2D eigenvalue weighted by Gasteiger charge is -2.06. The maximum atomic E-state index is 12.9. The number of aryl methyl sites for hydroxylation is 1. The topological polar surface area (TPSA) is 43.9 Å². The molecule has 0 saturated heterocycles. The number of hydrogen-bond acceptors (Lipinski definition) is 3. The molecule has 2 aromatic heterocycles. The van der Waals surface area contributed by atoms with Crippen LogP contribution in [0.25, 0.3) is 33.7 Å². The molecule has 4 aromatic rings. The number of rotatable bonds is 2. The van der Waals surface area contributed by atoms with E-state index in [1.807, 2.05) is 31.3 Å². The van der Waals surface area contributed by atoms with Gasteiger partial charge in [-0.2, -0.15) is 18.3 Å². The standard InChI is InChI=1S/C18H12F3N3O/c1-24-15-8-3-2-7-13(15)16(23-24)14-10-25-17(22-14)11-5-4-6-12(9-11)18(19,20)21/h2-10H,1H3. The SMILES string of the molecule is Cn1nc(-c2coc(-c3cccc(C(F)(F)F)c3)n2)c2ccccc21. The highest BCUT2D eigenvalue weighted by molar-refractivity contribution is 5.92. The average Bonchev–Trinajstić information content (AvgIpc) is 3.20. The van der Waals surface area contributed by atoms with Gasteiger partial charge < -0.3 is 4.42 Å². The summed E-state index contributed by atoms with van der Waals surface area (Å²) < 4.78 is 45.7. The predicted octanol–water partition coefficient (Wildman–Crippen LogP) is 4.91. The maximum Gasteiger partial charge on any atom is 0.416 e. The van der Waals surface area contributed by atoms with Crippen LogP contribution < -0.4 is 0 Å². The molecule has 0 fully saturated rings. The molecule has 2 heterocycles. The number of hydrogen-bond donors (Lipinski definition) is 0. The van der Waals surface area contributed by atoms with E-state index < -0.39 is 11.7 Å². The molecule has 25 heavy (non-hydrogen) atoms. The molecule has 0 radical (unpaired) electrons. The van der Waals surface area contributed by atoms with E-state index in [-0.39, 0.29) is 11.5 Å². The van der Waals surface area contributed by atoms with Crippen LogP contribution in [0.2, 0.25) is 0 Å². The van der Waals surface area contributed by atoms with Crippen molar-refractivity contribution in [2.24, 2.45) is 7.05 Å². The molecule has 0 bridgehead atoms. The molecule has 0 aliphatic carbocycles. The molecule has 4 nitrogen and oxygen atoms in total. The Hall–Kier alpha value is -3.09. The fourth-order valence-electron chi connectivity index (χ4n) is 2.75. The summed E-state index contributed by atoms with van der Waals surface area (Å²) in [6, 6.07) is 12.5. The fraction of sp³-hybridized carbons (Fsp3) is 0.111. The van der Waals surface area contributed by atoms with Crippen molar-refractivity contribution in [1.82, 2.24) is 14.8 Å². The minimum atomic E-state index is -4.41. The van der Waals surface area contributed by atoms with Gasteiger partial charge in [-0.1, -0.05) is 24.3 Å². The van der Waals surface area contributed by atoms with E-state index >= 15 is 0 Å². The molecule has 0 N–H and O–H groups in total. The second kappa shape index (κ2) is 5.47. The number of fused-ring (bicyclic) bond motifs is 1. The monoisotopic (exact) mass is 343 g/mol. The van der Waals surface area contributed by atoms with Gasteiger partial charge in [0.15, 0.2) is 0 Å². The smallest absolute Gasteiger partial charge is 0.416 e. The highest BCUT2D eigenvalue weighted by atomic mass is 19.4. The summed E-state index contributed by atoms with van der Waals surface area (Å²) in [7, 11) is 1.82. The quantitative estimate of drug-likeness (QED) is 0.519. The van der Waals surface area contributed by atoms with Gasteiger partial charge in [-0.25, -0.2) is 4.98 Å². The van der Waals surface area contributed by atoms with Gasteiger partial charge in [-0.15, -0.1) is 0 Å². The first kappa shape index (κ1) is 15.4. The number of para-hydroxylation sites is 1. The Morgan fingerprint density at radius 1 is 1.04 bits per heavy atom. The minimum absolute atomic E-state index is 0.121. The lowest BCUT2D eigenvalue weighted by molar-refractivity contribution is -0.137. The van der Waals surface area contributed by atoms with E-state index in [1.165, 1.54) is 18.4 Å². The number of nitrogens with zero attached hydrogens (tertiary/aromatic N) is 3. The first-order valence-corrected chi connectivity index (χ1v) is 7.49. The summed E-state index contributed by atoms with van der Waals surface area (Å²) in [4.78, 5) is 4.33. The molecule has 126 valence electrons. The summed E-state index contributed by atoms with van der Waals surface area (Å²) in [6.07, 6.45) is -3.01. The van der Waals surface area contributed by atoms with E-state index in [2.05, 4.69) is 10.1 Å². The molecule has 7 heteroatoms. The first-order valence-electron chi connectivity index (χ1n) is 7.49. The maximum absolute atomic E-state index is 12.9. The molecule has 0 amide bonds. The molecule has 0 saturated carbocycles. The molecule has 0 aliphatic rings. The van der Waals surface area contributed by atoms with Crippen molar-refractivity contribution in [1.29, 1.82) is 0 Å². The first-order chi connectivity index (χ1) is 11.9. The summed E-state index contributed by atoms with van der Waals surface area (Å²) >= 11 is 0. The normalized spacial score (nSPS) is 12.0. The number of aromatic nitrogens is 3. The van der Waals surface area contributed by atoms with Crippen molar-refractivity contribution in [2.45, 2.75) is 6.18 Å². The third-order valence-corrected chi connectivity index (χ3v) is 3.94. The number of benzene rings is 2. The second-order valence-electron chi connectivity index (χ2n) is 5.61. The van der Waals surface area contributed by atoms with Gasteiger partial charge in [0.05, 0.1) is 11.1 Å².